The van der Waals surface area contributed by atoms with E-state index in [1.807, 2.05) is 0 Å². The summed E-state index contributed by atoms with van der Waals surface area (Å²) in [5.74, 6) is 0.134. The molecule has 2 heterocycles. The Morgan fingerprint density at radius 2 is 2.18 bits per heavy atom. The van der Waals surface area contributed by atoms with E-state index in [-0.39, 0.29) is 29.4 Å². The van der Waals surface area contributed by atoms with Crippen molar-refractivity contribution in [1.29, 1.82) is 0 Å². The Morgan fingerprint density at radius 1 is 1.41 bits per heavy atom. The predicted molar refractivity (Wildman–Crippen MR) is 51.2 cm³/mol. The zero-order valence-corrected chi connectivity index (χ0v) is 8.49. The minimum absolute atomic E-state index is 0.0368. The molecule has 0 spiro atoms. The molecule has 0 amide bonds. The summed E-state index contributed by atoms with van der Waals surface area (Å²) in [6.07, 6.45) is -3.12. The number of rotatable bonds is 3. The van der Waals surface area contributed by atoms with Crippen LogP contribution in [0.5, 0.6) is 5.75 Å². The van der Waals surface area contributed by atoms with Crippen molar-refractivity contribution in [2.45, 2.75) is 12.7 Å². The third-order valence-electron chi connectivity index (χ3n) is 1.87. The first-order chi connectivity index (χ1) is 7.99. The average Bonchev–Trinajstić information content (AvgIpc) is 2.68. The second-order valence-corrected chi connectivity index (χ2v) is 3.18. The molecule has 0 aliphatic carbocycles. The van der Waals surface area contributed by atoms with Gasteiger partial charge in [-0.15, -0.1) is 0 Å². The molecule has 2 aromatic rings. The summed E-state index contributed by atoms with van der Waals surface area (Å²) in [4.78, 5) is 7.71. The van der Waals surface area contributed by atoms with E-state index in [0.717, 1.165) is 0 Å². The molecule has 0 unspecified atom stereocenters. The van der Waals surface area contributed by atoms with Gasteiger partial charge in [0, 0.05) is 12.3 Å². The molecule has 0 atom stereocenters. The van der Waals surface area contributed by atoms with Gasteiger partial charge in [0.15, 0.2) is 12.4 Å². The summed E-state index contributed by atoms with van der Waals surface area (Å²) >= 11 is 0. The highest BCUT2D eigenvalue weighted by atomic mass is 19.4. The van der Waals surface area contributed by atoms with Gasteiger partial charge in [-0.2, -0.15) is 18.2 Å². The Hall–Kier alpha value is -1.83. The molecule has 2 aromatic heterocycles. The van der Waals surface area contributed by atoms with Crippen LogP contribution in [-0.4, -0.2) is 22.8 Å². The third kappa shape index (κ3) is 2.64. The summed E-state index contributed by atoms with van der Waals surface area (Å²) in [5.41, 5.74) is 5.54. The van der Waals surface area contributed by atoms with Gasteiger partial charge in [-0.1, -0.05) is 0 Å². The molecule has 0 radical (unpaired) electrons. The smallest absolute Gasteiger partial charge is 0.422 e. The van der Waals surface area contributed by atoms with Crippen LogP contribution in [-0.2, 0) is 6.54 Å². The molecule has 0 saturated heterocycles. The Morgan fingerprint density at radius 3 is 2.82 bits per heavy atom. The minimum atomic E-state index is -4.41. The van der Waals surface area contributed by atoms with Gasteiger partial charge in [-0.25, -0.2) is 4.98 Å². The number of hydrogen-bond donors (Lipinski definition) is 1. The number of alkyl halides is 3. The maximum atomic E-state index is 12.0. The van der Waals surface area contributed by atoms with Gasteiger partial charge in [0.25, 0.3) is 0 Å². The number of nitrogens with zero attached hydrogens (tertiary/aromatic N) is 2. The van der Waals surface area contributed by atoms with E-state index >= 15 is 0 Å². The van der Waals surface area contributed by atoms with Crippen LogP contribution in [0.2, 0.25) is 0 Å². The van der Waals surface area contributed by atoms with E-state index < -0.39 is 12.8 Å². The topological polar surface area (TPSA) is 74.2 Å². The molecule has 0 aromatic carbocycles. The summed E-state index contributed by atoms with van der Waals surface area (Å²) in [6, 6.07) is 1.28. The van der Waals surface area contributed by atoms with Gasteiger partial charge in [0.05, 0.1) is 6.54 Å². The highest BCUT2D eigenvalue weighted by Gasteiger charge is 2.29. The number of pyridine rings is 1. The third-order valence-corrected chi connectivity index (χ3v) is 1.87. The Bertz CT molecular complexity index is 524. The first kappa shape index (κ1) is 11.6. The van der Waals surface area contributed by atoms with Crippen LogP contribution in [0.15, 0.2) is 16.7 Å². The summed E-state index contributed by atoms with van der Waals surface area (Å²) in [6.45, 7) is -1.36. The van der Waals surface area contributed by atoms with Crippen molar-refractivity contribution < 1.29 is 22.3 Å². The molecule has 17 heavy (non-hydrogen) atoms. The number of nitrogens with two attached hydrogens (primary N) is 1. The number of ether oxygens (including phenoxy) is 1. The first-order valence-electron chi connectivity index (χ1n) is 4.63. The van der Waals surface area contributed by atoms with E-state index in [9.17, 15) is 13.2 Å². The maximum Gasteiger partial charge on any atom is 0.422 e. The van der Waals surface area contributed by atoms with Crippen molar-refractivity contribution in [2.24, 2.45) is 5.73 Å². The van der Waals surface area contributed by atoms with Crippen molar-refractivity contribution >= 4 is 11.2 Å². The van der Waals surface area contributed by atoms with Gasteiger partial charge >= 0.3 is 6.18 Å². The lowest BCUT2D eigenvalue weighted by Gasteiger charge is -2.08. The zero-order valence-electron chi connectivity index (χ0n) is 8.49. The Kier molecular flexibility index (Phi) is 2.88. The standard InChI is InChI=1S/C9H8F3N3O2/c10-9(11,12)4-16-5-1-2-14-8-7(5)17-6(3-13)15-8/h1-2H,3-4,13H2. The van der Waals surface area contributed by atoms with Crippen molar-refractivity contribution in [1.82, 2.24) is 9.97 Å². The minimum Gasteiger partial charge on any atom is -0.480 e. The van der Waals surface area contributed by atoms with E-state index in [1.165, 1.54) is 12.3 Å². The van der Waals surface area contributed by atoms with Crippen molar-refractivity contribution in [2.75, 3.05) is 6.61 Å². The number of halogens is 3. The summed E-state index contributed by atoms with van der Waals surface area (Å²) in [5, 5.41) is 0. The van der Waals surface area contributed by atoms with Gasteiger partial charge in [-0.05, 0) is 0 Å². The predicted octanol–water partition coefficient (Wildman–Crippen LogP) is 1.62. The van der Waals surface area contributed by atoms with Crippen LogP contribution in [0.3, 0.4) is 0 Å². The van der Waals surface area contributed by atoms with Gasteiger partial charge in [0.2, 0.25) is 17.1 Å². The number of oxazole rings is 1. The Balaban J connectivity index is 2.30. The zero-order chi connectivity index (χ0) is 12.5. The fourth-order valence-electron chi connectivity index (χ4n) is 1.21. The van der Waals surface area contributed by atoms with Crippen molar-refractivity contribution in [3.05, 3.63) is 18.2 Å². The fraction of sp³-hybridized carbons (Fsp3) is 0.333. The monoisotopic (exact) mass is 247 g/mol. The SMILES string of the molecule is NCc1nc2nccc(OCC(F)(F)F)c2o1. The molecule has 0 aliphatic rings. The van der Waals surface area contributed by atoms with Crippen LogP contribution >= 0.6 is 0 Å². The first-order valence-corrected chi connectivity index (χ1v) is 4.63. The second-order valence-electron chi connectivity index (χ2n) is 3.18. The van der Waals surface area contributed by atoms with E-state index in [0.29, 0.717) is 0 Å². The van der Waals surface area contributed by atoms with Gasteiger partial charge in [-0.3, -0.25) is 0 Å². The highest BCUT2D eigenvalue weighted by Crippen LogP contribution is 2.26. The molecular weight excluding hydrogens is 239 g/mol. The molecule has 0 aliphatic heterocycles. The molecule has 0 bridgehead atoms. The van der Waals surface area contributed by atoms with E-state index in [2.05, 4.69) is 14.7 Å². The molecule has 5 nitrogen and oxygen atoms in total. The quantitative estimate of drug-likeness (QED) is 0.892. The maximum absolute atomic E-state index is 12.0. The largest absolute Gasteiger partial charge is 0.480 e. The lowest BCUT2D eigenvalue weighted by molar-refractivity contribution is -0.153. The lowest BCUT2D eigenvalue weighted by Crippen LogP contribution is -2.19. The van der Waals surface area contributed by atoms with Crippen LogP contribution in [0.1, 0.15) is 5.89 Å². The molecule has 2 rings (SSSR count). The van der Waals surface area contributed by atoms with Gasteiger partial charge in [0.1, 0.15) is 0 Å². The number of hydrogen-bond acceptors (Lipinski definition) is 5. The van der Waals surface area contributed by atoms with Crippen LogP contribution in [0.4, 0.5) is 13.2 Å². The molecule has 8 heteroatoms. The summed E-state index contributed by atoms with van der Waals surface area (Å²) < 4.78 is 45.7. The molecule has 0 saturated carbocycles. The average molecular weight is 247 g/mol. The van der Waals surface area contributed by atoms with Crippen LogP contribution in [0, 0.1) is 0 Å². The normalized spacial score (nSPS) is 12.0. The fourth-order valence-corrected chi connectivity index (χ4v) is 1.21. The van der Waals surface area contributed by atoms with E-state index in [4.69, 9.17) is 10.2 Å². The second kappa shape index (κ2) is 4.21. The number of fused-ring (bicyclic) bond motifs is 1. The lowest BCUT2D eigenvalue weighted by atomic mass is 10.4. The van der Waals surface area contributed by atoms with Gasteiger partial charge < -0.3 is 14.9 Å². The molecule has 92 valence electrons. The number of aromatic nitrogens is 2. The van der Waals surface area contributed by atoms with Crippen molar-refractivity contribution in [3.8, 4) is 5.75 Å². The molecule has 0 fully saturated rings. The van der Waals surface area contributed by atoms with Crippen molar-refractivity contribution in [3.63, 3.8) is 0 Å². The summed E-state index contributed by atoms with van der Waals surface area (Å²) in [7, 11) is 0. The Labute approximate surface area is 93.4 Å². The molecular formula is C9H8F3N3O2. The van der Waals surface area contributed by atoms with Crippen LogP contribution in [0.25, 0.3) is 11.2 Å². The molecule has 2 N–H and O–H groups in total. The highest BCUT2D eigenvalue weighted by molar-refractivity contribution is 5.75. The van der Waals surface area contributed by atoms with E-state index in [1.54, 1.807) is 0 Å². The van der Waals surface area contributed by atoms with Crippen LogP contribution < -0.4 is 10.5 Å².